The Labute approximate surface area is 215 Å². The zero-order valence-corrected chi connectivity index (χ0v) is 22.4. The van der Waals surface area contributed by atoms with Crippen LogP contribution in [-0.2, 0) is 6.54 Å². The van der Waals surface area contributed by atoms with Crippen LogP contribution in [0.2, 0.25) is 0 Å². The van der Waals surface area contributed by atoms with Crippen LogP contribution in [0.1, 0.15) is 110 Å². The molecule has 198 valence electrons. The summed E-state index contributed by atoms with van der Waals surface area (Å²) in [5.74, 6) is -0.00499. The number of unbranched alkanes of at least 4 members (excludes halogenated alkanes) is 7. The predicted octanol–water partition coefficient (Wildman–Crippen LogP) is 6.45. The van der Waals surface area contributed by atoms with E-state index in [2.05, 4.69) is 24.3 Å². The molecule has 2 aromatic rings. The number of aryl methyl sites for hydroxylation is 1. The zero-order valence-electron chi connectivity index (χ0n) is 22.4. The SMILES string of the molecule is CCCCCCCCCCNC.Cc1cc(-c2cc(C(=O)O)no2)cc2c1C(=O)N([C@@H](C)C1CC1)C2. The second-order valence-corrected chi connectivity index (χ2v) is 10.3. The lowest BCUT2D eigenvalue weighted by atomic mass is 9.99. The van der Waals surface area contributed by atoms with E-state index in [9.17, 15) is 9.59 Å². The quantitative estimate of drug-likeness (QED) is 0.309. The standard InChI is InChI=1S/C18H18N2O4.C11H25N/c1-9-5-12(15-7-14(18(22)23)19-24-15)6-13-8-20(17(21)16(9)13)10(2)11-3-4-11;1-3-4-5-6-7-8-9-10-11-12-2/h5-7,10-11H,3-4,8H2,1-2H3,(H,22,23);12H,3-11H2,1-2H3/t10-;/m0./s1. The molecule has 1 amide bonds. The molecule has 0 saturated heterocycles. The number of benzene rings is 1. The van der Waals surface area contributed by atoms with Crippen molar-refractivity contribution in [2.75, 3.05) is 13.6 Å². The summed E-state index contributed by atoms with van der Waals surface area (Å²) in [6.45, 7) is 8.08. The predicted molar refractivity (Wildman–Crippen MR) is 142 cm³/mol. The Morgan fingerprint density at radius 2 is 1.81 bits per heavy atom. The van der Waals surface area contributed by atoms with Gasteiger partial charge in [0.15, 0.2) is 11.5 Å². The molecule has 7 heteroatoms. The first kappa shape index (κ1) is 27.9. The molecular formula is C29H43N3O4. The van der Waals surface area contributed by atoms with Crippen molar-refractivity contribution >= 4 is 11.9 Å². The number of aromatic nitrogens is 1. The summed E-state index contributed by atoms with van der Waals surface area (Å²) in [6, 6.07) is 5.43. The first-order chi connectivity index (χ1) is 17.4. The topological polar surface area (TPSA) is 95.7 Å². The number of nitrogens with one attached hydrogen (secondary N) is 1. The van der Waals surface area contributed by atoms with Gasteiger partial charge in [-0.2, -0.15) is 0 Å². The number of carbonyl (C=O) groups is 2. The first-order valence-electron chi connectivity index (χ1n) is 13.7. The van der Waals surface area contributed by atoms with Crippen molar-refractivity contribution in [2.24, 2.45) is 5.92 Å². The molecule has 0 unspecified atom stereocenters. The van der Waals surface area contributed by atoms with Crippen molar-refractivity contribution in [2.45, 2.75) is 97.6 Å². The van der Waals surface area contributed by atoms with E-state index in [1.807, 2.05) is 31.0 Å². The van der Waals surface area contributed by atoms with Crippen molar-refractivity contribution in [1.82, 2.24) is 15.4 Å². The molecule has 0 spiro atoms. The largest absolute Gasteiger partial charge is 0.476 e. The van der Waals surface area contributed by atoms with Gasteiger partial charge in [-0.1, -0.05) is 57.0 Å². The van der Waals surface area contributed by atoms with E-state index in [0.29, 0.717) is 18.2 Å². The molecular weight excluding hydrogens is 454 g/mol. The fourth-order valence-electron chi connectivity index (χ4n) is 4.94. The van der Waals surface area contributed by atoms with Crippen LogP contribution in [0.3, 0.4) is 0 Å². The maximum atomic E-state index is 12.7. The van der Waals surface area contributed by atoms with Gasteiger partial charge < -0.3 is 19.8 Å². The van der Waals surface area contributed by atoms with Crippen LogP contribution in [0, 0.1) is 12.8 Å². The van der Waals surface area contributed by atoms with Gasteiger partial charge in [-0.25, -0.2) is 4.79 Å². The summed E-state index contributed by atoms with van der Waals surface area (Å²) in [5, 5.41) is 15.7. The molecule has 1 aliphatic heterocycles. The number of aromatic carboxylic acids is 1. The van der Waals surface area contributed by atoms with Gasteiger partial charge in [0.25, 0.3) is 5.91 Å². The van der Waals surface area contributed by atoms with E-state index in [1.165, 1.54) is 76.8 Å². The molecule has 1 saturated carbocycles. The fourth-order valence-corrected chi connectivity index (χ4v) is 4.94. The second-order valence-electron chi connectivity index (χ2n) is 10.3. The highest BCUT2D eigenvalue weighted by atomic mass is 16.5. The van der Waals surface area contributed by atoms with Gasteiger partial charge in [-0.3, -0.25) is 4.79 Å². The molecule has 1 atom stereocenters. The Balaban J connectivity index is 0.000000257. The minimum atomic E-state index is -1.12. The van der Waals surface area contributed by atoms with Crippen LogP contribution in [0.5, 0.6) is 0 Å². The van der Waals surface area contributed by atoms with E-state index in [0.717, 1.165) is 22.3 Å². The van der Waals surface area contributed by atoms with Crippen LogP contribution in [-0.4, -0.2) is 46.7 Å². The van der Waals surface area contributed by atoms with Crippen molar-refractivity contribution in [1.29, 1.82) is 0 Å². The van der Waals surface area contributed by atoms with Crippen LogP contribution in [0.25, 0.3) is 11.3 Å². The maximum absolute atomic E-state index is 12.7. The van der Waals surface area contributed by atoms with E-state index in [1.54, 1.807) is 0 Å². The Bertz CT molecular complexity index is 1000. The molecule has 2 heterocycles. The van der Waals surface area contributed by atoms with Crippen molar-refractivity contribution < 1.29 is 19.2 Å². The molecule has 1 aromatic heterocycles. The van der Waals surface area contributed by atoms with Crippen molar-refractivity contribution in [3.63, 3.8) is 0 Å². The Morgan fingerprint density at radius 1 is 1.14 bits per heavy atom. The third kappa shape index (κ3) is 7.42. The molecule has 36 heavy (non-hydrogen) atoms. The Morgan fingerprint density at radius 3 is 2.39 bits per heavy atom. The summed E-state index contributed by atoms with van der Waals surface area (Å²) in [6.07, 6.45) is 13.7. The third-order valence-electron chi connectivity index (χ3n) is 7.32. The van der Waals surface area contributed by atoms with Gasteiger partial charge >= 0.3 is 5.97 Å². The van der Waals surface area contributed by atoms with Crippen molar-refractivity contribution in [3.8, 4) is 11.3 Å². The molecule has 1 aliphatic carbocycles. The summed E-state index contributed by atoms with van der Waals surface area (Å²) < 4.78 is 5.15. The number of nitrogens with zero attached hydrogens (tertiary/aromatic N) is 2. The van der Waals surface area contributed by atoms with Crippen LogP contribution in [0.15, 0.2) is 22.7 Å². The van der Waals surface area contributed by atoms with Crippen LogP contribution < -0.4 is 5.32 Å². The minimum absolute atomic E-state index is 0.0947. The molecule has 1 aromatic carbocycles. The normalized spacial score (nSPS) is 15.4. The first-order valence-corrected chi connectivity index (χ1v) is 13.7. The number of hydrogen-bond acceptors (Lipinski definition) is 5. The number of hydrogen-bond donors (Lipinski definition) is 2. The summed E-state index contributed by atoms with van der Waals surface area (Å²) in [5.41, 5.74) is 3.24. The number of carbonyl (C=O) groups excluding carboxylic acids is 1. The van der Waals surface area contributed by atoms with Gasteiger partial charge in [0.2, 0.25) is 0 Å². The van der Waals surface area contributed by atoms with Crippen LogP contribution >= 0.6 is 0 Å². The van der Waals surface area contributed by atoms with Gasteiger partial charge in [-0.15, -0.1) is 0 Å². The lowest BCUT2D eigenvalue weighted by molar-refractivity contribution is 0.0680. The van der Waals surface area contributed by atoms with Crippen LogP contribution in [0.4, 0.5) is 0 Å². The fraction of sp³-hybridized carbons (Fsp3) is 0.621. The van der Waals surface area contributed by atoms with Crippen molar-refractivity contribution in [3.05, 3.63) is 40.6 Å². The molecule has 2 N–H and O–H groups in total. The number of carboxylic acid groups (broad SMARTS) is 1. The molecule has 4 rings (SSSR count). The summed E-state index contributed by atoms with van der Waals surface area (Å²) >= 11 is 0. The Kier molecular flexibility index (Phi) is 10.5. The van der Waals surface area contributed by atoms with E-state index < -0.39 is 5.97 Å². The summed E-state index contributed by atoms with van der Waals surface area (Å²) in [4.78, 5) is 25.6. The molecule has 0 bridgehead atoms. The molecule has 2 aliphatic rings. The van der Waals surface area contributed by atoms with E-state index in [4.69, 9.17) is 9.63 Å². The third-order valence-corrected chi connectivity index (χ3v) is 7.32. The lowest BCUT2D eigenvalue weighted by Crippen LogP contribution is -2.34. The second kappa shape index (κ2) is 13.6. The highest BCUT2D eigenvalue weighted by molar-refractivity contribution is 6.00. The highest BCUT2D eigenvalue weighted by Gasteiger charge is 2.39. The average molecular weight is 498 g/mol. The number of amides is 1. The Hall–Kier alpha value is -2.67. The number of rotatable bonds is 13. The highest BCUT2D eigenvalue weighted by Crippen LogP contribution is 2.39. The number of carboxylic acids is 1. The van der Waals surface area contributed by atoms with Gasteiger partial charge in [-0.05, 0) is 75.9 Å². The zero-order chi connectivity index (χ0) is 26.1. The van der Waals surface area contributed by atoms with Gasteiger partial charge in [0, 0.05) is 29.8 Å². The van der Waals surface area contributed by atoms with Gasteiger partial charge in [0.1, 0.15) is 0 Å². The average Bonchev–Trinajstić information content (AvgIpc) is 3.48. The molecule has 1 fully saturated rings. The smallest absolute Gasteiger partial charge is 0.358 e. The van der Waals surface area contributed by atoms with E-state index >= 15 is 0 Å². The number of fused-ring (bicyclic) bond motifs is 1. The summed E-state index contributed by atoms with van der Waals surface area (Å²) in [7, 11) is 2.03. The minimum Gasteiger partial charge on any atom is -0.476 e. The molecule has 7 nitrogen and oxygen atoms in total. The monoisotopic (exact) mass is 497 g/mol. The van der Waals surface area contributed by atoms with Gasteiger partial charge in [0.05, 0.1) is 0 Å². The maximum Gasteiger partial charge on any atom is 0.358 e. The molecule has 0 radical (unpaired) electrons. The lowest BCUT2D eigenvalue weighted by Gasteiger charge is -2.24. The van der Waals surface area contributed by atoms with E-state index in [-0.39, 0.29) is 17.6 Å².